The summed E-state index contributed by atoms with van der Waals surface area (Å²) in [7, 11) is 0. The Hall–Kier alpha value is -2.20. The van der Waals surface area contributed by atoms with Crippen LogP contribution in [0.2, 0.25) is 0 Å². The molecule has 0 aromatic heterocycles. The van der Waals surface area contributed by atoms with Crippen molar-refractivity contribution in [2.75, 3.05) is 0 Å². The Labute approximate surface area is 119 Å². The van der Waals surface area contributed by atoms with Gasteiger partial charge in [-0.15, -0.1) is 0 Å². The Bertz CT molecular complexity index is 405. The summed E-state index contributed by atoms with van der Waals surface area (Å²) in [6, 6.07) is 0. The molecule has 0 spiro atoms. The fraction of sp³-hybridized carbons (Fsp3) is 0.636. The fourth-order valence-electron chi connectivity index (χ4n) is 2.38. The Balaban J connectivity index is 5.50. The maximum absolute atomic E-state index is 10.9. The smallest absolute Gasteiger partial charge is 0.306 e. The summed E-state index contributed by atoms with van der Waals surface area (Å²) in [5.41, 5.74) is 7.40. The second-order valence-electron chi connectivity index (χ2n) is 5.19. The molecule has 0 aromatic carbocycles. The lowest BCUT2D eigenvalue weighted by atomic mass is 9.71. The van der Waals surface area contributed by atoms with Crippen LogP contribution in [0.5, 0.6) is 0 Å². The summed E-state index contributed by atoms with van der Waals surface area (Å²) < 4.78 is 0. The SMILES string of the molecule is NC(N)(CC(=O)O)CC(CC(=O)O)(CC(=O)O)CC(=O)O. The van der Waals surface area contributed by atoms with Gasteiger partial charge >= 0.3 is 23.9 Å². The Morgan fingerprint density at radius 3 is 1.19 bits per heavy atom. The molecule has 21 heavy (non-hydrogen) atoms. The third kappa shape index (κ3) is 7.84. The lowest BCUT2D eigenvalue weighted by Crippen LogP contribution is -2.55. The van der Waals surface area contributed by atoms with E-state index in [0.717, 1.165) is 0 Å². The Kier molecular flexibility index (Phi) is 6.26. The third-order valence-electron chi connectivity index (χ3n) is 2.76. The average molecular weight is 306 g/mol. The zero-order chi connectivity index (χ0) is 16.8. The van der Waals surface area contributed by atoms with E-state index in [0.29, 0.717) is 0 Å². The first-order valence-electron chi connectivity index (χ1n) is 5.82. The molecule has 8 N–H and O–H groups in total. The molecule has 0 bridgehead atoms. The van der Waals surface area contributed by atoms with Gasteiger partial charge in [-0.25, -0.2) is 0 Å². The minimum Gasteiger partial charge on any atom is -0.481 e. The van der Waals surface area contributed by atoms with E-state index in [1.807, 2.05) is 0 Å². The van der Waals surface area contributed by atoms with Crippen LogP contribution in [0, 0.1) is 5.41 Å². The summed E-state index contributed by atoms with van der Waals surface area (Å²) in [4.78, 5) is 43.4. The topological polar surface area (TPSA) is 201 Å². The first-order chi connectivity index (χ1) is 9.37. The lowest BCUT2D eigenvalue weighted by molar-refractivity contribution is -0.148. The van der Waals surface area contributed by atoms with E-state index >= 15 is 0 Å². The highest BCUT2D eigenvalue weighted by Gasteiger charge is 2.43. The highest BCUT2D eigenvalue weighted by Crippen LogP contribution is 2.38. The van der Waals surface area contributed by atoms with Gasteiger partial charge in [0.2, 0.25) is 0 Å². The van der Waals surface area contributed by atoms with Crippen molar-refractivity contribution in [3.05, 3.63) is 0 Å². The predicted molar refractivity (Wildman–Crippen MR) is 67.2 cm³/mol. The van der Waals surface area contributed by atoms with Gasteiger partial charge in [0.1, 0.15) is 0 Å². The number of rotatable bonds is 10. The monoisotopic (exact) mass is 306 g/mol. The molecule has 0 radical (unpaired) electrons. The van der Waals surface area contributed by atoms with Crippen molar-refractivity contribution in [2.45, 2.75) is 37.8 Å². The lowest BCUT2D eigenvalue weighted by Gasteiger charge is -2.36. The van der Waals surface area contributed by atoms with Crippen molar-refractivity contribution in [1.29, 1.82) is 0 Å². The molecule has 0 aliphatic rings. The van der Waals surface area contributed by atoms with Gasteiger partial charge < -0.3 is 31.9 Å². The number of aliphatic carboxylic acids is 4. The number of carbonyl (C=O) groups is 4. The van der Waals surface area contributed by atoms with Crippen LogP contribution in [-0.2, 0) is 19.2 Å². The van der Waals surface area contributed by atoms with Crippen molar-refractivity contribution in [2.24, 2.45) is 16.9 Å². The maximum atomic E-state index is 10.9. The minimum atomic E-state index is -1.92. The van der Waals surface area contributed by atoms with Crippen LogP contribution >= 0.6 is 0 Å². The molecule has 120 valence electrons. The van der Waals surface area contributed by atoms with Gasteiger partial charge in [-0.05, 0) is 6.42 Å². The second kappa shape index (κ2) is 6.99. The zero-order valence-electron chi connectivity index (χ0n) is 11.1. The van der Waals surface area contributed by atoms with Gasteiger partial charge in [0, 0.05) is 5.41 Å². The molecule has 10 nitrogen and oxygen atoms in total. The van der Waals surface area contributed by atoms with Crippen LogP contribution in [0.4, 0.5) is 0 Å². The van der Waals surface area contributed by atoms with Crippen LogP contribution in [0.15, 0.2) is 0 Å². The summed E-state index contributed by atoms with van der Waals surface area (Å²) in [5, 5.41) is 35.3. The highest BCUT2D eigenvalue weighted by atomic mass is 16.4. The molecule has 10 heteroatoms. The summed E-state index contributed by atoms with van der Waals surface area (Å²) >= 11 is 0. The molecule has 0 fully saturated rings. The van der Waals surface area contributed by atoms with Gasteiger partial charge in [-0.1, -0.05) is 0 Å². The highest BCUT2D eigenvalue weighted by molar-refractivity contribution is 5.76. The number of carboxylic acids is 4. The molecule has 0 saturated carbocycles. The van der Waals surface area contributed by atoms with E-state index in [1.165, 1.54) is 0 Å². The van der Waals surface area contributed by atoms with E-state index in [1.54, 1.807) is 0 Å². The summed E-state index contributed by atoms with van der Waals surface area (Å²) in [6.45, 7) is 0. The van der Waals surface area contributed by atoms with Gasteiger partial charge in [-0.2, -0.15) is 0 Å². The van der Waals surface area contributed by atoms with Crippen molar-refractivity contribution in [3.8, 4) is 0 Å². The first kappa shape index (κ1) is 18.8. The molecule has 0 amide bonds. The molecule has 0 unspecified atom stereocenters. The molecule has 0 aliphatic heterocycles. The van der Waals surface area contributed by atoms with Gasteiger partial charge in [0.25, 0.3) is 0 Å². The Morgan fingerprint density at radius 2 is 0.952 bits per heavy atom. The summed E-state index contributed by atoms with van der Waals surface area (Å²) in [6.07, 6.45) is -3.74. The van der Waals surface area contributed by atoms with Gasteiger partial charge in [0.05, 0.1) is 31.3 Å². The zero-order valence-corrected chi connectivity index (χ0v) is 11.1. The van der Waals surface area contributed by atoms with E-state index in [9.17, 15) is 19.2 Å². The van der Waals surface area contributed by atoms with E-state index in [-0.39, 0.29) is 0 Å². The fourth-order valence-corrected chi connectivity index (χ4v) is 2.38. The van der Waals surface area contributed by atoms with E-state index in [4.69, 9.17) is 31.9 Å². The van der Waals surface area contributed by atoms with Crippen molar-refractivity contribution in [3.63, 3.8) is 0 Å². The predicted octanol–water partition coefficient (Wildman–Crippen LogP) is -1.12. The molecule has 0 aromatic rings. The largest absolute Gasteiger partial charge is 0.481 e. The third-order valence-corrected chi connectivity index (χ3v) is 2.76. The van der Waals surface area contributed by atoms with Crippen molar-refractivity contribution >= 4 is 23.9 Å². The standard InChI is InChI=1S/C11H18N2O8/c12-11(13,4-9(20)21)5-10(1-6(14)15,2-7(16)17)3-8(18)19/h1-5,12-13H2,(H,14,15)(H,16,17)(H,18,19)(H,20,21). The molecular formula is C11H18N2O8. The molecule has 0 atom stereocenters. The van der Waals surface area contributed by atoms with Crippen molar-refractivity contribution < 1.29 is 39.6 Å². The van der Waals surface area contributed by atoms with Crippen LogP contribution in [-0.4, -0.2) is 50.0 Å². The number of nitrogens with two attached hydrogens (primary N) is 2. The Morgan fingerprint density at radius 1 is 0.667 bits per heavy atom. The van der Waals surface area contributed by atoms with Crippen molar-refractivity contribution in [1.82, 2.24) is 0 Å². The van der Waals surface area contributed by atoms with Crippen LogP contribution in [0.1, 0.15) is 32.1 Å². The summed E-state index contributed by atoms with van der Waals surface area (Å²) in [5.74, 6) is -5.65. The van der Waals surface area contributed by atoms with E-state index in [2.05, 4.69) is 0 Å². The second-order valence-corrected chi connectivity index (χ2v) is 5.19. The first-order valence-corrected chi connectivity index (χ1v) is 5.82. The molecule has 0 aliphatic carbocycles. The van der Waals surface area contributed by atoms with E-state index < -0.39 is 67.1 Å². The maximum Gasteiger partial charge on any atom is 0.306 e. The molecule has 0 saturated heterocycles. The van der Waals surface area contributed by atoms with Crippen LogP contribution in [0.3, 0.4) is 0 Å². The quantitative estimate of drug-likeness (QED) is 0.268. The normalized spacial score (nSPS) is 11.9. The van der Waals surface area contributed by atoms with Crippen LogP contribution < -0.4 is 11.5 Å². The molecular weight excluding hydrogens is 288 g/mol. The minimum absolute atomic E-state index is 0.572. The number of hydrogen-bond donors (Lipinski definition) is 6. The van der Waals surface area contributed by atoms with Gasteiger partial charge in [0.15, 0.2) is 0 Å². The average Bonchev–Trinajstić information content (AvgIpc) is 2.07. The van der Waals surface area contributed by atoms with Gasteiger partial charge in [-0.3, -0.25) is 19.2 Å². The number of carboxylic acid groups (broad SMARTS) is 4. The molecule has 0 heterocycles. The van der Waals surface area contributed by atoms with Crippen LogP contribution in [0.25, 0.3) is 0 Å². The number of hydrogen-bond acceptors (Lipinski definition) is 6. The molecule has 0 rings (SSSR count).